The minimum Gasteiger partial charge on any atom is -0.497 e. The molecule has 0 radical (unpaired) electrons. The van der Waals surface area contributed by atoms with E-state index in [-0.39, 0.29) is 24.0 Å². The van der Waals surface area contributed by atoms with Gasteiger partial charge in [-0.3, -0.25) is 0 Å². The van der Waals surface area contributed by atoms with Crippen LogP contribution in [0.1, 0.15) is 37.3 Å². The van der Waals surface area contributed by atoms with Crippen molar-refractivity contribution in [3.05, 3.63) is 53.7 Å². The van der Waals surface area contributed by atoms with Crippen LogP contribution >= 0.6 is 24.0 Å². The summed E-state index contributed by atoms with van der Waals surface area (Å²) in [7, 11) is 1.67. The topological polar surface area (TPSA) is 77.0 Å². The zero-order valence-electron chi connectivity index (χ0n) is 19.0. The van der Waals surface area contributed by atoms with E-state index >= 15 is 0 Å². The van der Waals surface area contributed by atoms with Gasteiger partial charge in [0.25, 0.3) is 0 Å². The van der Waals surface area contributed by atoms with E-state index in [1.807, 2.05) is 49.5 Å². The van der Waals surface area contributed by atoms with Gasteiger partial charge in [-0.1, -0.05) is 18.2 Å². The van der Waals surface area contributed by atoms with Gasteiger partial charge in [0.05, 0.1) is 20.3 Å². The molecule has 0 amide bonds. The number of aliphatic imine (C=N–C) groups is 1. The van der Waals surface area contributed by atoms with Crippen LogP contribution in [0, 0.1) is 5.92 Å². The third-order valence-electron chi connectivity index (χ3n) is 4.96. The Bertz CT molecular complexity index is 796. The summed E-state index contributed by atoms with van der Waals surface area (Å²) in [4.78, 5) is 9.12. The van der Waals surface area contributed by atoms with Gasteiger partial charge in [0.1, 0.15) is 5.75 Å². The van der Waals surface area contributed by atoms with Gasteiger partial charge in [0, 0.05) is 38.6 Å². The minimum atomic E-state index is 0. The van der Waals surface area contributed by atoms with Crippen molar-refractivity contribution in [2.24, 2.45) is 10.9 Å². The monoisotopic (exact) mass is 554 g/mol. The zero-order chi connectivity index (χ0) is 21.7. The number of methoxy groups -OCH3 is 1. The molecule has 2 N–H and O–H groups in total. The van der Waals surface area contributed by atoms with E-state index in [4.69, 9.17) is 19.2 Å². The van der Waals surface area contributed by atoms with Crippen molar-refractivity contribution in [2.75, 3.05) is 33.5 Å². The summed E-state index contributed by atoms with van der Waals surface area (Å²) in [6.07, 6.45) is 5.31. The molecule has 7 nitrogen and oxygen atoms in total. The highest BCUT2D eigenvalue weighted by atomic mass is 127. The Hall–Kier alpha value is -2.07. The fraction of sp³-hybridized carbons (Fsp3) is 0.500. The van der Waals surface area contributed by atoms with E-state index < -0.39 is 0 Å². The molecule has 1 aromatic heterocycles. The van der Waals surface area contributed by atoms with Crippen molar-refractivity contribution in [3.8, 4) is 11.6 Å². The lowest BCUT2D eigenvalue weighted by atomic mass is 10.2. The first-order chi connectivity index (χ1) is 15.3. The maximum atomic E-state index is 5.71. The Labute approximate surface area is 208 Å². The first-order valence-corrected chi connectivity index (χ1v) is 11.1. The zero-order valence-corrected chi connectivity index (χ0v) is 21.3. The molecule has 1 heterocycles. The van der Waals surface area contributed by atoms with E-state index in [0.29, 0.717) is 19.0 Å². The molecule has 1 fully saturated rings. The molecular weight excluding hydrogens is 519 g/mol. The SMILES string of the molecule is CCOCCCNC(=NCc1ccc(OCC2CC2)nc1)NCc1ccc(OC)cc1.I. The predicted octanol–water partition coefficient (Wildman–Crippen LogP) is 4.16. The van der Waals surface area contributed by atoms with Crippen molar-refractivity contribution < 1.29 is 14.2 Å². The number of nitrogens with one attached hydrogen (secondary N) is 2. The average Bonchev–Trinajstić information content (AvgIpc) is 3.64. The third kappa shape index (κ3) is 10.0. The molecule has 0 atom stereocenters. The average molecular weight is 554 g/mol. The lowest BCUT2D eigenvalue weighted by Gasteiger charge is -2.13. The fourth-order valence-corrected chi connectivity index (χ4v) is 2.88. The Morgan fingerprint density at radius 1 is 1.09 bits per heavy atom. The first-order valence-electron chi connectivity index (χ1n) is 11.1. The van der Waals surface area contributed by atoms with Crippen LogP contribution in [-0.4, -0.2) is 44.4 Å². The van der Waals surface area contributed by atoms with E-state index in [9.17, 15) is 0 Å². The number of ether oxygens (including phenoxy) is 3. The van der Waals surface area contributed by atoms with E-state index in [1.165, 1.54) is 12.8 Å². The summed E-state index contributed by atoms with van der Waals surface area (Å²) < 4.78 is 16.3. The molecule has 1 aliphatic carbocycles. The molecule has 1 aliphatic rings. The summed E-state index contributed by atoms with van der Waals surface area (Å²) in [5.74, 6) is 3.02. The number of guanidine groups is 1. The largest absolute Gasteiger partial charge is 0.497 e. The van der Waals surface area contributed by atoms with E-state index in [0.717, 1.165) is 61.5 Å². The molecular formula is C24H35IN4O3. The summed E-state index contributed by atoms with van der Waals surface area (Å²) in [6, 6.07) is 12.0. The Morgan fingerprint density at radius 3 is 2.53 bits per heavy atom. The lowest BCUT2D eigenvalue weighted by Crippen LogP contribution is -2.37. The van der Waals surface area contributed by atoms with Crippen molar-refractivity contribution in [1.29, 1.82) is 0 Å². The number of benzene rings is 1. The number of halogens is 1. The molecule has 0 spiro atoms. The molecule has 8 heteroatoms. The number of rotatable bonds is 13. The van der Waals surface area contributed by atoms with Gasteiger partial charge >= 0.3 is 0 Å². The standard InChI is InChI=1S/C24H34N4O3.HI/c1-3-30-14-4-13-25-24(27-15-19-7-10-22(29-2)11-8-19)28-17-21-9-12-23(26-16-21)31-18-20-5-6-20;/h7-12,16,20H,3-6,13-15,17-18H2,1-2H3,(H2,25,27,28);1H. The van der Waals surface area contributed by atoms with Gasteiger partial charge in [-0.15, -0.1) is 24.0 Å². The van der Waals surface area contributed by atoms with Crippen LogP contribution < -0.4 is 20.1 Å². The molecule has 0 unspecified atom stereocenters. The van der Waals surface area contributed by atoms with Crippen LogP contribution in [0.3, 0.4) is 0 Å². The normalized spacial score (nSPS) is 13.2. The molecule has 32 heavy (non-hydrogen) atoms. The fourth-order valence-electron chi connectivity index (χ4n) is 2.88. The first kappa shape index (κ1) is 26.2. The Balaban J connectivity index is 0.00000363. The molecule has 1 saturated carbocycles. The van der Waals surface area contributed by atoms with Crippen LogP contribution in [0.5, 0.6) is 11.6 Å². The van der Waals surface area contributed by atoms with Crippen LogP contribution in [0.2, 0.25) is 0 Å². The number of nitrogens with zero attached hydrogens (tertiary/aromatic N) is 2. The predicted molar refractivity (Wildman–Crippen MR) is 138 cm³/mol. The van der Waals surface area contributed by atoms with Crippen molar-refractivity contribution >= 4 is 29.9 Å². The van der Waals surface area contributed by atoms with E-state index in [1.54, 1.807) is 7.11 Å². The molecule has 176 valence electrons. The summed E-state index contributed by atoms with van der Waals surface area (Å²) in [6.45, 7) is 6.27. The van der Waals surface area contributed by atoms with Crippen LogP contribution in [0.25, 0.3) is 0 Å². The molecule has 0 aliphatic heterocycles. The van der Waals surface area contributed by atoms with Crippen LogP contribution in [0.15, 0.2) is 47.6 Å². The molecule has 1 aromatic carbocycles. The van der Waals surface area contributed by atoms with Gasteiger partial charge in [-0.2, -0.15) is 0 Å². The number of hydrogen-bond donors (Lipinski definition) is 2. The second-order valence-corrected chi connectivity index (χ2v) is 7.60. The summed E-state index contributed by atoms with van der Waals surface area (Å²) >= 11 is 0. The van der Waals surface area contributed by atoms with Crippen molar-refractivity contribution in [1.82, 2.24) is 15.6 Å². The maximum Gasteiger partial charge on any atom is 0.213 e. The second-order valence-electron chi connectivity index (χ2n) is 7.60. The highest BCUT2D eigenvalue weighted by Crippen LogP contribution is 2.29. The third-order valence-corrected chi connectivity index (χ3v) is 4.96. The minimum absolute atomic E-state index is 0. The Morgan fingerprint density at radius 2 is 1.88 bits per heavy atom. The van der Waals surface area contributed by atoms with Crippen molar-refractivity contribution in [3.63, 3.8) is 0 Å². The second kappa shape index (κ2) is 14.9. The van der Waals surface area contributed by atoms with Gasteiger partial charge in [-0.25, -0.2) is 9.98 Å². The van der Waals surface area contributed by atoms with Gasteiger partial charge < -0.3 is 24.8 Å². The van der Waals surface area contributed by atoms with Crippen LogP contribution in [0.4, 0.5) is 0 Å². The molecule has 0 bridgehead atoms. The molecule has 0 saturated heterocycles. The molecule has 2 aromatic rings. The van der Waals surface area contributed by atoms with E-state index in [2.05, 4.69) is 15.6 Å². The Kier molecular flexibility index (Phi) is 12.2. The highest BCUT2D eigenvalue weighted by Gasteiger charge is 2.22. The lowest BCUT2D eigenvalue weighted by molar-refractivity contribution is 0.145. The quantitative estimate of drug-likeness (QED) is 0.168. The molecule has 3 rings (SSSR count). The van der Waals surface area contributed by atoms with Gasteiger partial charge in [0.2, 0.25) is 5.88 Å². The highest BCUT2D eigenvalue weighted by molar-refractivity contribution is 14.0. The smallest absolute Gasteiger partial charge is 0.213 e. The summed E-state index contributed by atoms with van der Waals surface area (Å²) in [5.41, 5.74) is 2.20. The van der Waals surface area contributed by atoms with Gasteiger partial charge in [0.15, 0.2) is 5.96 Å². The maximum absolute atomic E-state index is 5.71. The number of aromatic nitrogens is 1. The number of hydrogen-bond acceptors (Lipinski definition) is 5. The summed E-state index contributed by atoms with van der Waals surface area (Å²) in [5, 5.41) is 6.78. The van der Waals surface area contributed by atoms with Crippen molar-refractivity contribution in [2.45, 2.75) is 39.3 Å². The van der Waals surface area contributed by atoms with Crippen LogP contribution in [-0.2, 0) is 17.8 Å². The van der Waals surface area contributed by atoms with Gasteiger partial charge in [-0.05, 0) is 55.4 Å². The number of pyridine rings is 1.